The molecule has 0 N–H and O–H groups in total. The Morgan fingerprint density at radius 2 is 0.531 bits per heavy atom. The summed E-state index contributed by atoms with van der Waals surface area (Å²) in [5, 5.41) is 0. The lowest BCUT2D eigenvalue weighted by molar-refractivity contribution is -0.926. The number of hydrogen-bond acceptors (Lipinski definition) is 9. The molecule has 10 nitrogen and oxygen atoms in total. The summed E-state index contributed by atoms with van der Waals surface area (Å²) in [6.07, 6.45) is 70.0. The van der Waals surface area contributed by atoms with Gasteiger partial charge in [-0.15, -0.1) is 0 Å². The molecule has 0 rings (SSSR count). The van der Waals surface area contributed by atoms with Gasteiger partial charge in [-0.2, -0.15) is 0 Å². The highest BCUT2D eigenvalue weighted by atomic mass is 35.5. The standard InChI is InChI=1S/C70H126NO9.ClH/c1-7-10-13-16-19-22-25-28-31-34-37-40-43-46-49-52-58-78-67(72)55-61-75-64-70(71(4,5)6,65-76-62-56-68(73)79-59-53-50-47-44-41-38-35-32-29-26-23-20-17-14-11-8-2)66-77-63-57-69(74)80-60-54-51-48-45-42-39-36-33-30-27-24-21-18-15-12-9-3;/h19-24,28-33H,7-18,25-27,34-66H2,1-6H3;1H/q+1;/p-1/b22-19-,23-20-,24-21-,31-28-,32-29-,33-30-;. The minimum absolute atomic E-state index is 0. The summed E-state index contributed by atoms with van der Waals surface area (Å²) in [7, 11) is 6.17. The van der Waals surface area contributed by atoms with E-state index in [9.17, 15) is 14.4 Å². The van der Waals surface area contributed by atoms with Crippen molar-refractivity contribution < 1.29 is 59.7 Å². The first kappa shape index (κ1) is 80.0. The Bertz CT molecular complexity index is 1400. The zero-order valence-corrected chi connectivity index (χ0v) is 54.1. The second kappa shape index (κ2) is 63.0. The van der Waals surface area contributed by atoms with Gasteiger partial charge < -0.3 is 45.3 Å². The number of unbranched alkanes of at least 4 members (excludes halogenated alkanes) is 27. The summed E-state index contributed by atoms with van der Waals surface area (Å²) in [5.74, 6) is -0.795. The molecule has 0 atom stereocenters. The number of quaternary nitrogens is 1. The van der Waals surface area contributed by atoms with Crippen LogP contribution in [0.15, 0.2) is 72.9 Å². The minimum atomic E-state index is -0.693. The van der Waals surface area contributed by atoms with Crippen molar-refractivity contribution in [1.82, 2.24) is 0 Å². The van der Waals surface area contributed by atoms with Crippen molar-refractivity contribution in [3.05, 3.63) is 72.9 Å². The number of halogens is 1. The van der Waals surface area contributed by atoms with E-state index in [1.165, 1.54) is 135 Å². The number of rotatable bonds is 61. The van der Waals surface area contributed by atoms with Gasteiger partial charge in [-0.1, -0.05) is 209 Å². The van der Waals surface area contributed by atoms with Crippen LogP contribution in [0.5, 0.6) is 0 Å². The molecule has 0 aliphatic rings. The van der Waals surface area contributed by atoms with Crippen molar-refractivity contribution in [2.45, 2.75) is 277 Å². The number of esters is 3. The topological polar surface area (TPSA) is 107 Å². The highest BCUT2D eigenvalue weighted by molar-refractivity contribution is 5.70. The monoisotopic (exact) mass is 1160 g/mol. The van der Waals surface area contributed by atoms with Crippen molar-refractivity contribution in [3.8, 4) is 0 Å². The van der Waals surface area contributed by atoms with E-state index in [0.29, 0.717) is 24.3 Å². The van der Waals surface area contributed by atoms with E-state index in [1.807, 2.05) is 0 Å². The van der Waals surface area contributed by atoms with Crippen LogP contribution in [-0.4, -0.2) is 109 Å². The lowest BCUT2D eigenvalue weighted by atomic mass is 9.99. The average molecular weight is 1160 g/mol. The third-order valence-corrected chi connectivity index (χ3v) is 14.7. The SMILES string of the molecule is CCCCC/C=C\C/C=C\CCCCCCCCOC(=O)CCOCC(COCCC(=O)OCCCCCCCC/C=C\C/C=C\CCCCC)(COCCC(=O)OCCCCCCCC/C=C\C/C=C\CCCCC)[N+](C)(C)C.[Cl-]. The van der Waals surface area contributed by atoms with Gasteiger partial charge in [-0.25, -0.2) is 0 Å². The number of likely N-dealkylation sites (N-methyl/N-ethyl adjacent to an activating group) is 1. The predicted molar refractivity (Wildman–Crippen MR) is 338 cm³/mol. The van der Waals surface area contributed by atoms with Gasteiger partial charge in [0, 0.05) is 0 Å². The van der Waals surface area contributed by atoms with Gasteiger partial charge in [0.1, 0.15) is 19.8 Å². The lowest BCUT2D eigenvalue weighted by Crippen LogP contribution is -3.00. The van der Waals surface area contributed by atoms with Gasteiger partial charge in [0.25, 0.3) is 0 Å². The molecular weight excluding hydrogens is 1030 g/mol. The van der Waals surface area contributed by atoms with Crippen LogP contribution in [0.2, 0.25) is 0 Å². The molecule has 0 aliphatic carbocycles. The summed E-state index contributed by atoms with van der Waals surface area (Å²) in [6.45, 7) is 9.34. The normalized spacial score (nSPS) is 12.4. The van der Waals surface area contributed by atoms with Crippen LogP contribution in [0.3, 0.4) is 0 Å². The summed E-state index contributed by atoms with van der Waals surface area (Å²) >= 11 is 0. The molecule has 11 heteroatoms. The molecule has 0 aromatic rings. The molecule has 0 aromatic carbocycles. The van der Waals surface area contributed by atoms with Gasteiger partial charge in [0.05, 0.1) is 80.0 Å². The fraction of sp³-hybridized carbons (Fsp3) is 0.786. The molecule has 0 heterocycles. The first-order valence-corrected chi connectivity index (χ1v) is 33.0. The first-order chi connectivity index (χ1) is 39.1. The molecule has 0 bridgehead atoms. The highest BCUT2D eigenvalue weighted by Gasteiger charge is 2.44. The molecule has 0 amide bonds. The summed E-state index contributed by atoms with van der Waals surface area (Å²) < 4.78 is 35.7. The van der Waals surface area contributed by atoms with E-state index >= 15 is 0 Å². The number of carbonyl (C=O) groups is 3. The van der Waals surface area contributed by atoms with Crippen LogP contribution in [0, 0.1) is 0 Å². The third-order valence-electron chi connectivity index (χ3n) is 14.7. The van der Waals surface area contributed by atoms with Gasteiger partial charge in [0.15, 0.2) is 5.54 Å². The summed E-state index contributed by atoms with van der Waals surface area (Å²) in [5.41, 5.74) is -0.693. The zero-order chi connectivity index (χ0) is 58.4. The molecule has 0 aliphatic heterocycles. The summed E-state index contributed by atoms with van der Waals surface area (Å²) in [4.78, 5) is 38.1. The predicted octanol–water partition coefficient (Wildman–Crippen LogP) is 15.7. The van der Waals surface area contributed by atoms with E-state index in [2.05, 4.69) is 115 Å². The number of hydrogen-bond donors (Lipinski definition) is 0. The fourth-order valence-corrected chi connectivity index (χ4v) is 9.00. The van der Waals surface area contributed by atoms with Crippen molar-refractivity contribution in [2.24, 2.45) is 0 Å². The number of allylic oxidation sites excluding steroid dienone is 12. The van der Waals surface area contributed by atoms with Gasteiger partial charge in [-0.3, -0.25) is 14.4 Å². The number of carbonyl (C=O) groups excluding carboxylic acids is 3. The van der Waals surface area contributed by atoms with Gasteiger partial charge in [0.2, 0.25) is 0 Å². The second-order valence-electron chi connectivity index (χ2n) is 23.1. The Hall–Kier alpha value is -3.02. The van der Waals surface area contributed by atoms with Crippen LogP contribution in [0.1, 0.15) is 271 Å². The Balaban J connectivity index is 0. The molecule has 0 fully saturated rings. The van der Waals surface area contributed by atoms with Gasteiger partial charge in [-0.05, 0) is 116 Å². The molecule has 0 saturated carbocycles. The molecule has 0 aromatic heterocycles. The maximum absolute atomic E-state index is 12.7. The molecular formula is C70H126ClNO9. The Morgan fingerprint density at radius 3 is 0.765 bits per heavy atom. The van der Waals surface area contributed by atoms with E-state index in [0.717, 1.165) is 96.3 Å². The van der Waals surface area contributed by atoms with Gasteiger partial charge >= 0.3 is 17.9 Å². The lowest BCUT2D eigenvalue weighted by Gasteiger charge is -2.45. The second-order valence-corrected chi connectivity index (χ2v) is 23.1. The summed E-state index contributed by atoms with van der Waals surface area (Å²) in [6, 6.07) is 0. The fourth-order valence-electron chi connectivity index (χ4n) is 9.00. The first-order valence-electron chi connectivity index (χ1n) is 33.0. The van der Waals surface area contributed by atoms with Crippen molar-refractivity contribution in [2.75, 3.05) is 80.6 Å². The van der Waals surface area contributed by atoms with Crippen molar-refractivity contribution >= 4 is 17.9 Å². The number of ether oxygens (including phenoxy) is 6. The zero-order valence-electron chi connectivity index (χ0n) is 53.4. The van der Waals surface area contributed by atoms with Crippen molar-refractivity contribution in [1.29, 1.82) is 0 Å². The van der Waals surface area contributed by atoms with E-state index in [4.69, 9.17) is 28.4 Å². The molecule has 0 unspecified atom stereocenters. The van der Waals surface area contributed by atoms with Crippen LogP contribution < -0.4 is 12.4 Å². The van der Waals surface area contributed by atoms with Crippen LogP contribution >= 0.6 is 0 Å². The Morgan fingerprint density at radius 1 is 0.309 bits per heavy atom. The maximum atomic E-state index is 12.7. The largest absolute Gasteiger partial charge is 1.00 e. The van der Waals surface area contributed by atoms with Crippen molar-refractivity contribution in [3.63, 3.8) is 0 Å². The van der Waals surface area contributed by atoms with Crippen LogP contribution in [0.4, 0.5) is 0 Å². The van der Waals surface area contributed by atoms with Crippen LogP contribution in [-0.2, 0) is 42.8 Å². The highest BCUT2D eigenvalue weighted by Crippen LogP contribution is 2.23. The molecule has 0 spiro atoms. The quantitative estimate of drug-likeness (QED) is 0.0193. The molecule has 81 heavy (non-hydrogen) atoms. The molecule has 472 valence electrons. The smallest absolute Gasteiger partial charge is 0.308 e. The van der Waals surface area contributed by atoms with E-state index < -0.39 is 5.54 Å². The number of nitrogens with zero attached hydrogens (tertiary/aromatic N) is 1. The third kappa shape index (κ3) is 57.2. The van der Waals surface area contributed by atoms with Crippen LogP contribution in [0.25, 0.3) is 0 Å². The Kier molecular flexibility index (Phi) is 62.3. The average Bonchev–Trinajstić information content (AvgIpc) is 3.47. The Labute approximate surface area is 505 Å². The molecule has 0 saturated heterocycles. The molecule has 0 radical (unpaired) electrons. The van der Waals surface area contributed by atoms with E-state index in [-0.39, 0.29) is 89.2 Å². The van der Waals surface area contributed by atoms with E-state index in [1.54, 1.807) is 0 Å². The minimum Gasteiger partial charge on any atom is -1.00 e. The maximum Gasteiger partial charge on any atom is 0.308 e.